The number of hydrogen-bond acceptors (Lipinski definition) is 1. The lowest BCUT2D eigenvalue weighted by Gasteiger charge is -2.22. The Bertz CT molecular complexity index is 320. The molecule has 0 atom stereocenters. The third-order valence-electron chi connectivity index (χ3n) is 2.56. The Kier molecular flexibility index (Phi) is 5.53. The lowest BCUT2D eigenvalue weighted by molar-refractivity contribution is 0.362. The minimum atomic E-state index is -0.462. The Hall–Kier alpha value is -0.313. The number of alkyl halides is 1. The second kappa shape index (κ2) is 6.43. The maximum Gasteiger partial charge on any atom is 0.165 e. The predicted octanol–water partition coefficient (Wildman–Crippen LogP) is 2.82. The fourth-order valence-corrected chi connectivity index (χ4v) is 3.25. The number of rotatable bonds is 5. The van der Waals surface area contributed by atoms with Crippen molar-refractivity contribution in [1.29, 1.82) is 0 Å². The molecule has 1 rings (SSSR count). The van der Waals surface area contributed by atoms with E-state index in [1.807, 2.05) is 0 Å². The molecule has 0 aliphatic heterocycles. The van der Waals surface area contributed by atoms with E-state index in [-0.39, 0.29) is 5.41 Å². The Morgan fingerprint density at radius 3 is 2.56 bits per heavy atom. The summed E-state index contributed by atoms with van der Waals surface area (Å²) in [5.41, 5.74) is 3.10. The van der Waals surface area contributed by atoms with Crippen LogP contribution >= 0.6 is 11.6 Å². The van der Waals surface area contributed by atoms with Crippen LogP contribution in [0.2, 0.25) is 0 Å². The number of halogens is 1. The summed E-state index contributed by atoms with van der Waals surface area (Å²) in [7, 11) is -0.462. The van der Waals surface area contributed by atoms with Gasteiger partial charge in [-0.25, -0.2) is 0 Å². The maximum atomic E-state index is 5.58. The van der Waals surface area contributed by atoms with Crippen LogP contribution in [0, 0.1) is 0 Å². The zero-order valence-electron chi connectivity index (χ0n) is 10.4. The highest BCUT2D eigenvalue weighted by molar-refractivity contribution is 6.27. The van der Waals surface area contributed by atoms with E-state index in [1.165, 1.54) is 11.1 Å². The van der Waals surface area contributed by atoms with E-state index in [0.29, 0.717) is 12.5 Å². The highest BCUT2D eigenvalue weighted by atomic mass is 35.5. The molecule has 1 aromatic rings. The van der Waals surface area contributed by atoms with Crippen molar-refractivity contribution in [3.8, 4) is 0 Å². The largest absolute Gasteiger partial charge is 0.422 e. The molecule has 1 aromatic carbocycles. The first-order chi connectivity index (χ1) is 7.55. The van der Waals surface area contributed by atoms with Crippen molar-refractivity contribution < 1.29 is 4.43 Å². The van der Waals surface area contributed by atoms with Gasteiger partial charge in [-0.05, 0) is 22.6 Å². The molecular formula is C13H21ClOSi. The van der Waals surface area contributed by atoms with Gasteiger partial charge in [0, 0.05) is 12.5 Å². The van der Waals surface area contributed by atoms with Gasteiger partial charge in [-0.3, -0.25) is 0 Å². The molecule has 0 aromatic heterocycles. The highest BCUT2D eigenvalue weighted by Crippen LogP contribution is 2.25. The summed E-state index contributed by atoms with van der Waals surface area (Å²) in [6.45, 7) is 7.47. The smallest absolute Gasteiger partial charge is 0.165 e. The first kappa shape index (κ1) is 13.8. The van der Waals surface area contributed by atoms with Gasteiger partial charge in [0.25, 0.3) is 0 Å². The predicted molar refractivity (Wildman–Crippen MR) is 74.1 cm³/mol. The van der Waals surface area contributed by atoms with Crippen LogP contribution < -0.4 is 0 Å². The van der Waals surface area contributed by atoms with Gasteiger partial charge in [-0.1, -0.05) is 45.0 Å². The van der Waals surface area contributed by atoms with Gasteiger partial charge in [0.15, 0.2) is 9.76 Å². The van der Waals surface area contributed by atoms with Gasteiger partial charge < -0.3 is 4.43 Å². The molecule has 0 bridgehead atoms. The summed E-state index contributed by atoms with van der Waals surface area (Å²) in [6.07, 6.45) is 0. The second-order valence-corrected chi connectivity index (χ2v) is 6.65. The van der Waals surface area contributed by atoms with Crippen LogP contribution in [0.1, 0.15) is 31.9 Å². The monoisotopic (exact) mass is 256 g/mol. The van der Waals surface area contributed by atoms with Crippen LogP contribution in [-0.2, 0) is 15.9 Å². The summed E-state index contributed by atoms with van der Waals surface area (Å²) in [4.78, 5) is 0. The van der Waals surface area contributed by atoms with E-state index < -0.39 is 9.76 Å². The van der Waals surface area contributed by atoms with Crippen molar-refractivity contribution in [3.63, 3.8) is 0 Å². The summed E-state index contributed by atoms with van der Waals surface area (Å²) in [5.74, 6) is 0.605. The lowest BCUT2D eigenvalue weighted by Crippen LogP contribution is -2.16. The van der Waals surface area contributed by atoms with Crippen LogP contribution in [-0.4, -0.2) is 22.3 Å². The third kappa shape index (κ3) is 4.28. The summed E-state index contributed by atoms with van der Waals surface area (Å²) < 4.78 is 5.56. The van der Waals surface area contributed by atoms with Crippen LogP contribution in [0.15, 0.2) is 24.3 Å². The van der Waals surface area contributed by atoms with Crippen LogP contribution in [0.4, 0.5) is 0 Å². The summed E-state index contributed by atoms with van der Waals surface area (Å²) >= 11 is 5.58. The molecule has 0 spiro atoms. The molecule has 90 valence electrons. The third-order valence-corrected chi connectivity index (χ3v) is 4.04. The minimum absolute atomic E-state index is 0.220. The molecule has 1 nitrogen and oxygen atoms in total. The van der Waals surface area contributed by atoms with Crippen molar-refractivity contribution in [2.75, 3.05) is 12.5 Å². The molecule has 0 amide bonds. The Morgan fingerprint density at radius 2 is 1.94 bits per heavy atom. The van der Waals surface area contributed by atoms with Crippen LogP contribution in [0.3, 0.4) is 0 Å². The van der Waals surface area contributed by atoms with Crippen LogP contribution in [0.5, 0.6) is 0 Å². The van der Waals surface area contributed by atoms with Gasteiger partial charge in [0.1, 0.15) is 0 Å². The molecule has 0 radical (unpaired) electrons. The second-order valence-electron chi connectivity index (χ2n) is 4.96. The summed E-state index contributed by atoms with van der Waals surface area (Å²) in [6, 6.07) is 9.78. The van der Waals surface area contributed by atoms with Gasteiger partial charge in [-0.15, -0.1) is 11.6 Å². The molecule has 0 saturated heterocycles. The zero-order valence-corrected chi connectivity index (χ0v) is 12.6. The molecule has 0 aliphatic carbocycles. The van der Waals surface area contributed by atoms with Crippen molar-refractivity contribution in [3.05, 3.63) is 35.4 Å². The standard InChI is InChI=1S/C13H21ClOSi/c1-13(2,3)12-7-5-4-6-11(12)10-16-15-9-8-14/h4-7H,8-10,16H2,1-3H3. The SMILES string of the molecule is CC(C)(C)c1ccccc1C[SiH2]OCCCl. The highest BCUT2D eigenvalue weighted by Gasteiger charge is 2.16. The Balaban J connectivity index is 2.65. The average Bonchev–Trinajstić information content (AvgIpc) is 2.24. The topological polar surface area (TPSA) is 9.23 Å². The molecule has 3 heteroatoms. The molecule has 16 heavy (non-hydrogen) atoms. The first-order valence-corrected chi connectivity index (χ1v) is 7.89. The lowest BCUT2D eigenvalue weighted by atomic mass is 9.84. The van der Waals surface area contributed by atoms with Crippen molar-refractivity contribution in [1.82, 2.24) is 0 Å². The Morgan fingerprint density at radius 1 is 1.25 bits per heavy atom. The molecule has 0 N–H and O–H groups in total. The van der Waals surface area contributed by atoms with Gasteiger partial charge in [-0.2, -0.15) is 0 Å². The molecule has 0 fully saturated rings. The van der Waals surface area contributed by atoms with Crippen molar-refractivity contribution in [2.24, 2.45) is 0 Å². The van der Waals surface area contributed by atoms with Gasteiger partial charge in [0.2, 0.25) is 0 Å². The van der Waals surface area contributed by atoms with E-state index in [1.54, 1.807) is 0 Å². The molecular weight excluding hydrogens is 236 g/mol. The van der Waals surface area contributed by atoms with Crippen molar-refractivity contribution >= 4 is 21.4 Å². The summed E-state index contributed by atoms with van der Waals surface area (Å²) in [5, 5.41) is 0. The van der Waals surface area contributed by atoms with Crippen LogP contribution in [0.25, 0.3) is 0 Å². The first-order valence-electron chi connectivity index (χ1n) is 5.78. The minimum Gasteiger partial charge on any atom is -0.422 e. The molecule has 0 aliphatic rings. The average molecular weight is 257 g/mol. The molecule has 0 unspecified atom stereocenters. The van der Waals surface area contributed by atoms with E-state index >= 15 is 0 Å². The van der Waals surface area contributed by atoms with E-state index in [4.69, 9.17) is 16.0 Å². The van der Waals surface area contributed by atoms with Crippen molar-refractivity contribution in [2.45, 2.75) is 32.2 Å². The maximum absolute atomic E-state index is 5.58. The van der Waals surface area contributed by atoms with Gasteiger partial charge in [0.05, 0.1) is 0 Å². The normalized spacial score (nSPS) is 12.5. The molecule has 0 saturated carbocycles. The fourth-order valence-electron chi connectivity index (χ4n) is 1.81. The number of benzene rings is 1. The fraction of sp³-hybridized carbons (Fsp3) is 0.538. The molecule has 0 heterocycles. The van der Waals surface area contributed by atoms with E-state index in [9.17, 15) is 0 Å². The number of hydrogen-bond donors (Lipinski definition) is 0. The van der Waals surface area contributed by atoms with Gasteiger partial charge >= 0.3 is 0 Å². The van der Waals surface area contributed by atoms with E-state index in [0.717, 1.165) is 6.04 Å². The van der Waals surface area contributed by atoms with E-state index in [2.05, 4.69) is 45.0 Å². The zero-order chi connectivity index (χ0) is 12.0. The quantitative estimate of drug-likeness (QED) is 0.447. The Labute approximate surface area is 106 Å².